The van der Waals surface area contributed by atoms with E-state index in [9.17, 15) is 13.2 Å². The Bertz CT molecular complexity index is 522. The molecule has 0 saturated carbocycles. The van der Waals surface area contributed by atoms with Crippen LogP contribution in [0, 0.1) is 0 Å². The normalized spacial score (nSPS) is 22.5. The van der Waals surface area contributed by atoms with Crippen LogP contribution in [-0.4, -0.2) is 31.9 Å². The minimum absolute atomic E-state index is 0.152. The van der Waals surface area contributed by atoms with Crippen molar-refractivity contribution in [2.75, 3.05) is 12.3 Å². The monoisotopic (exact) mass is 321 g/mol. The van der Waals surface area contributed by atoms with Crippen molar-refractivity contribution >= 4 is 31.7 Å². The van der Waals surface area contributed by atoms with Gasteiger partial charge in [0, 0.05) is 6.54 Å². The SMILES string of the molecule is O=C(NCC1CCCS1(=O)=O)c1ccc(Br)o1. The van der Waals surface area contributed by atoms with Gasteiger partial charge in [0.2, 0.25) is 0 Å². The molecule has 1 aromatic heterocycles. The van der Waals surface area contributed by atoms with Gasteiger partial charge in [-0.3, -0.25) is 4.79 Å². The highest BCUT2D eigenvalue weighted by atomic mass is 79.9. The van der Waals surface area contributed by atoms with Crippen LogP contribution < -0.4 is 5.32 Å². The van der Waals surface area contributed by atoms with Gasteiger partial charge in [0.05, 0.1) is 11.0 Å². The minimum Gasteiger partial charge on any atom is -0.444 e. The first kappa shape index (κ1) is 12.6. The Morgan fingerprint density at radius 1 is 1.53 bits per heavy atom. The number of hydrogen-bond donors (Lipinski definition) is 1. The van der Waals surface area contributed by atoms with Gasteiger partial charge >= 0.3 is 0 Å². The first-order valence-electron chi connectivity index (χ1n) is 5.24. The molecule has 1 amide bonds. The molecule has 1 aromatic rings. The van der Waals surface area contributed by atoms with E-state index in [4.69, 9.17) is 4.42 Å². The number of carbonyl (C=O) groups is 1. The summed E-state index contributed by atoms with van der Waals surface area (Å²) in [6.07, 6.45) is 1.29. The number of carbonyl (C=O) groups excluding carboxylic acids is 1. The van der Waals surface area contributed by atoms with Crippen molar-refractivity contribution in [1.82, 2.24) is 5.32 Å². The third-order valence-corrected chi connectivity index (χ3v) is 5.45. The highest BCUT2D eigenvalue weighted by Gasteiger charge is 2.31. The van der Waals surface area contributed by atoms with Crippen molar-refractivity contribution in [3.63, 3.8) is 0 Å². The Balaban J connectivity index is 1.93. The summed E-state index contributed by atoms with van der Waals surface area (Å²) in [6, 6.07) is 3.14. The molecular weight excluding hydrogens is 310 g/mol. The minimum atomic E-state index is -3.01. The van der Waals surface area contributed by atoms with Crippen LogP contribution in [0.4, 0.5) is 0 Å². The number of hydrogen-bond acceptors (Lipinski definition) is 4. The van der Waals surface area contributed by atoms with Crippen LogP contribution in [-0.2, 0) is 9.84 Å². The van der Waals surface area contributed by atoms with Crippen LogP contribution >= 0.6 is 15.9 Å². The fourth-order valence-electron chi connectivity index (χ4n) is 1.82. The summed E-state index contributed by atoms with van der Waals surface area (Å²) in [5.41, 5.74) is 0. The van der Waals surface area contributed by atoms with Gasteiger partial charge < -0.3 is 9.73 Å². The first-order valence-corrected chi connectivity index (χ1v) is 7.75. The third-order valence-electron chi connectivity index (χ3n) is 2.75. The number of amides is 1. The van der Waals surface area contributed by atoms with Crippen molar-refractivity contribution in [3.05, 3.63) is 22.6 Å². The fraction of sp³-hybridized carbons (Fsp3) is 0.500. The van der Waals surface area contributed by atoms with Crippen LogP contribution in [0.1, 0.15) is 23.4 Å². The smallest absolute Gasteiger partial charge is 0.287 e. The summed E-state index contributed by atoms with van der Waals surface area (Å²) >= 11 is 3.09. The molecule has 17 heavy (non-hydrogen) atoms. The third kappa shape index (κ3) is 2.90. The fourth-order valence-corrected chi connectivity index (χ4v) is 3.89. The summed E-state index contributed by atoms with van der Waals surface area (Å²) in [7, 11) is -3.01. The van der Waals surface area contributed by atoms with Gasteiger partial charge in [0.1, 0.15) is 0 Å². The summed E-state index contributed by atoms with van der Waals surface area (Å²) in [6.45, 7) is 0.152. The molecule has 0 aliphatic carbocycles. The molecule has 1 saturated heterocycles. The lowest BCUT2D eigenvalue weighted by Crippen LogP contribution is -2.34. The van der Waals surface area contributed by atoms with E-state index in [-0.39, 0.29) is 18.1 Å². The zero-order valence-corrected chi connectivity index (χ0v) is 11.4. The zero-order valence-electron chi connectivity index (χ0n) is 8.98. The molecule has 1 unspecified atom stereocenters. The maximum absolute atomic E-state index is 11.6. The van der Waals surface area contributed by atoms with Crippen molar-refractivity contribution in [1.29, 1.82) is 0 Å². The van der Waals surface area contributed by atoms with E-state index in [1.165, 1.54) is 6.07 Å². The van der Waals surface area contributed by atoms with Gasteiger partial charge in [-0.15, -0.1) is 0 Å². The Kier molecular flexibility index (Phi) is 3.58. The molecule has 0 spiro atoms. The number of nitrogens with one attached hydrogen (secondary N) is 1. The lowest BCUT2D eigenvalue weighted by Gasteiger charge is -2.09. The van der Waals surface area contributed by atoms with E-state index >= 15 is 0 Å². The zero-order chi connectivity index (χ0) is 12.5. The van der Waals surface area contributed by atoms with E-state index < -0.39 is 21.0 Å². The van der Waals surface area contributed by atoms with Crippen molar-refractivity contribution in [2.24, 2.45) is 0 Å². The molecule has 2 rings (SSSR count). The van der Waals surface area contributed by atoms with Crippen LogP contribution in [0.2, 0.25) is 0 Å². The van der Waals surface area contributed by atoms with Gasteiger partial charge in [-0.2, -0.15) is 0 Å². The van der Waals surface area contributed by atoms with Crippen LogP contribution in [0.15, 0.2) is 21.2 Å². The summed E-state index contributed by atoms with van der Waals surface area (Å²) in [5, 5.41) is 2.12. The van der Waals surface area contributed by atoms with E-state index in [1.807, 2.05) is 0 Å². The number of sulfone groups is 1. The molecule has 0 aromatic carbocycles. The standard InChI is InChI=1S/C10H12BrNO4S/c11-9-4-3-8(16-9)10(13)12-6-7-2-1-5-17(7,14)15/h3-4,7H,1-2,5-6H2,(H,12,13). The van der Waals surface area contributed by atoms with Crippen molar-refractivity contribution in [2.45, 2.75) is 18.1 Å². The second-order valence-corrected chi connectivity index (χ2v) is 7.13. The Morgan fingerprint density at radius 2 is 2.29 bits per heavy atom. The Morgan fingerprint density at radius 3 is 2.82 bits per heavy atom. The van der Waals surface area contributed by atoms with Gasteiger partial charge in [-0.25, -0.2) is 8.42 Å². The topological polar surface area (TPSA) is 76.4 Å². The number of furan rings is 1. The van der Waals surface area contributed by atoms with Gasteiger partial charge in [0.15, 0.2) is 20.3 Å². The highest BCUT2D eigenvalue weighted by molar-refractivity contribution is 9.10. The van der Waals surface area contributed by atoms with Gasteiger partial charge in [0.25, 0.3) is 5.91 Å². The highest BCUT2D eigenvalue weighted by Crippen LogP contribution is 2.19. The molecule has 7 heteroatoms. The molecule has 94 valence electrons. The van der Waals surface area contributed by atoms with Crippen molar-refractivity contribution in [3.8, 4) is 0 Å². The predicted octanol–water partition coefficient (Wildman–Crippen LogP) is 1.35. The summed E-state index contributed by atoms with van der Waals surface area (Å²) in [4.78, 5) is 11.6. The van der Waals surface area contributed by atoms with Crippen LogP contribution in [0.3, 0.4) is 0 Å². The molecule has 5 nitrogen and oxygen atoms in total. The number of halogens is 1. The molecule has 0 bridgehead atoms. The average Bonchev–Trinajstić information content (AvgIpc) is 2.81. The lowest BCUT2D eigenvalue weighted by molar-refractivity contribution is 0.0924. The molecule has 1 atom stereocenters. The largest absolute Gasteiger partial charge is 0.444 e. The van der Waals surface area contributed by atoms with E-state index in [2.05, 4.69) is 21.2 Å². The summed E-state index contributed by atoms with van der Waals surface area (Å²) < 4.78 is 28.6. The quantitative estimate of drug-likeness (QED) is 0.911. The first-order chi connectivity index (χ1) is 7.99. The maximum atomic E-state index is 11.6. The molecule has 1 aliphatic rings. The lowest BCUT2D eigenvalue weighted by atomic mass is 10.2. The summed E-state index contributed by atoms with van der Waals surface area (Å²) in [5.74, 6) is 0.00453. The molecule has 1 N–H and O–H groups in total. The molecule has 1 aliphatic heterocycles. The maximum Gasteiger partial charge on any atom is 0.287 e. The Hall–Kier alpha value is -0.820. The van der Waals surface area contributed by atoms with E-state index in [0.29, 0.717) is 17.5 Å². The predicted molar refractivity (Wildman–Crippen MR) is 65.6 cm³/mol. The molecule has 1 fully saturated rings. The second kappa shape index (κ2) is 4.81. The Labute approximate surface area is 108 Å². The van der Waals surface area contributed by atoms with E-state index in [0.717, 1.165) is 0 Å². The molecular formula is C10H12BrNO4S. The van der Waals surface area contributed by atoms with Crippen LogP contribution in [0.5, 0.6) is 0 Å². The second-order valence-electron chi connectivity index (χ2n) is 3.95. The van der Waals surface area contributed by atoms with Crippen molar-refractivity contribution < 1.29 is 17.6 Å². The van der Waals surface area contributed by atoms with E-state index in [1.54, 1.807) is 6.07 Å². The van der Waals surface area contributed by atoms with Crippen LogP contribution in [0.25, 0.3) is 0 Å². The molecule has 0 radical (unpaired) electrons. The number of rotatable bonds is 3. The van der Waals surface area contributed by atoms with Gasteiger partial charge in [-0.1, -0.05) is 0 Å². The molecule has 2 heterocycles. The van der Waals surface area contributed by atoms with Gasteiger partial charge in [-0.05, 0) is 40.9 Å². The average molecular weight is 322 g/mol.